The van der Waals surface area contributed by atoms with Gasteiger partial charge in [-0.3, -0.25) is 4.79 Å². The number of aromatic hydroxyl groups is 1. The summed E-state index contributed by atoms with van der Waals surface area (Å²) in [5.41, 5.74) is 3.08. The molecule has 0 bridgehead atoms. The molecule has 1 amide bonds. The third-order valence-corrected chi connectivity index (χ3v) is 3.62. The Hall–Kier alpha value is -2.54. The van der Waals surface area contributed by atoms with Crippen LogP contribution in [0.25, 0.3) is 0 Å². The summed E-state index contributed by atoms with van der Waals surface area (Å²) >= 11 is 3.33. The number of phenols is 1. The van der Waals surface area contributed by atoms with E-state index in [9.17, 15) is 9.90 Å². The molecule has 0 aliphatic heterocycles. The number of methoxy groups -OCH3 is 1. The number of benzene rings is 2. The lowest BCUT2D eigenvalue weighted by molar-refractivity contribution is -0.127. The van der Waals surface area contributed by atoms with Gasteiger partial charge in [-0.05, 0) is 55.0 Å². The van der Waals surface area contributed by atoms with Crippen LogP contribution in [0.3, 0.4) is 0 Å². The Labute approximate surface area is 148 Å². The van der Waals surface area contributed by atoms with Gasteiger partial charge < -0.3 is 14.6 Å². The van der Waals surface area contributed by atoms with Crippen molar-refractivity contribution < 1.29 is 19.4 Å². The molecule has 0 unspecified atom stereocenters. The molecule has 2 aromatic rings. The summed E-state index contributed by atoms with van der Waals surface area (Å²) in [6, 6.07) is 11.9. The zero-order chi connectivity index (χ0) is 17.5. The first-order chi connectivity index (χ1) is 11.5. The summed E-state index contributed by atoms with van der Waals surface area (Å²) < 4.78 is 11.5. The van der Waals surface area contributed by atoms with E-state index < -0.39 is 6.10 Å². The Morgan fingerprint density at radius 1 is 1.29 bits per heavy atom. The van der Waals surface area contributed by atoms with E-state index in [4.69, 9.17) is 9.47 Å². The Kier molecular flexibility index (Phi) is 6.20. The lowest BCUT2D eigenvalue weighted by Crippen LogP contribution is -2.33. The van der Waals surface area contributed by atoms with Crippen LogP contribution in [0.4, 0.5) is 0 Å². The first-order valence-electron chi connectivity index (χ1n) is 7.11. The van der Waals surface area contributed by atoms with Crippen molar-refractivity contribution in [1.82, 2.24) is 5.43 Å². The van der Waals surface area contributed by atoms with Crippen molar-refractivity contribution in [2.24, 2.45) is 5.10 Å². The number of halogens is 1. The van der Waals surface area contributed by atoms with E-state index in [1.807, 2.05) is 12.1 Å². The van der Waals surface area contributed by atoms with E-state index in [-0.39, 0.29) is 11.7 Å². The van der Waals surface area contributed by atoms with Gasteiger partial charge in [0.05, 0.1) is 13.3 Å². The van der Waals surface area contributed by atoms with Crippen LogP contribution in [-0.4, -0.2) is 30.4 Å². The predicted molar refractivity (Wildman–Crippen MR) is 94.6 cm³/mol. The Bertz CT molecular complexity index is 732. The van der Waals surface area contributed by atoms with E-state index in [0.717, 1.165) is 4.47 Å². The minimum absolute atomic E-state index is 0.0372. The van der Waals surface area contributed by atoms with E-state index in [2.05, 4.69) is 26.5 Å². The number of phenolic OH excluding ortho intramolecular Hbond substituents is 1. The number of hydrogen-bond donors (Lipinski definition) is 2. The molecule has 126 valence electrons. The number of carbonyl (C=O) groups is 1. The lowest BCUT2D eigenvalue weighted by Gasteiger charge is -2.12. The summed E-state index contributed by atoms with van der Waals surface area (Å²) in [6.45, 7) is 1.64. The maximum atomic E-state index is 12.0. The standard InChI is InChI=1S/C17H17BrN2O4/c1-11(24-14-6-4-13(18)5-7-14)17(22)20-19-10-12-3-8-15(21)16(9-12)23-2/h3-11,21H,1-2H3,(H,20,22)/b19-10-/t11-/m1/s1. The Balaban J connectivity index is 1.90. The number of ether oxygens (including phenoxy) is 2. The second-order valence-electron chi connectivity index (χ2n) is 4.88. The molecule has 6 nitrogen and oxygen atoms in total. The molecule has 0 radical (unpaired) electrons. The first kappa shape index (κ1) is 17.8. The van der Waals surface area contributed by atoms with Crippen LogP contribution in [0, 0.1) is 0 Å². The fraction of sp³-hybridized carbons (Fsp3) is 0.176. The quantitative estimate of drug-likeness (QED) is 0.584. The maximum absolute atomic E-state index is 12.0. The molecule has 0 spiro atoms. The molecule has 0 saturated heterocycles. The number of nitrogens with zero attached hydrogens (tertiary/aromatic N) is 1. The normalized spacial score (nSPS) is 12.0. The van der Waals surface area contributed by atoms with E-state index in [1.165, 1.54) is 19.4 Å². The van der Waals surface area contributed by atoms with Gasteiger partial charge in [-0.1, -0.05) is 15.9 Å². The molecule has 1 atom stereocenters. The van der Waals surface area contributed by atoms with Crippen molar-refractivity contribution in [1.29, 1.82) is 0 Å². The number of rotatable bonds is 6. The molecule has 2 rings (SSSR count). The van der Waals surface area contributed by atoms with Crippen molar-refractivity contribution in [3.63, 3.8) is 0 Å². The summed E-state index contributed by atoms with van der Waals surface area (Å²) in [7, 11) is 1.46. The fourth-order valence-electron chi connectivity index (χ4n) is 1.81. The van der Waals surface area contributed by atoms with Crippen LogP contribution in [0.1, 0.15) is 12.5 Å². The average molecular weight is 393 g/mol. The van der Waals surface area contributed by atoms with Gasteiger partial charge in [-0.2, -0.15) is 5.10 Å². The molecule has 0 aliphatic rings. The second kappa shape index (κ2) is 8.35. The third kappa shape index (κ3) is 4.99. The number of hydrazone groups is 1. The van der Waals surface area contributed by atoms with Crippen molar-refractivity contribution in [3.8, 4) is 17.2 Å². The molecule has 0 fully saturated rings. The molecule has 0 aromatic heterocycles. The molecule has 2 aromatic carbocycles. The molecule has 0 aliphatic carbocycles. The van der Waals surface area contributed by atoms with Crippen molar-refractivity contribution in [3.05, 3.63) is 52.5 Å². The smallest absolute Gasteiger partial charge is 0.280 e. The predicted octanol–water partition coefficient (Wildman–Crippen LogP) is 3.08. The van der Waals surface area contributed by atoms with Crippen LogP contribution in [0.5, 0.6) is 17.2 Å². The SMILES string of the molecule is COc1cc(/C=N\NC(=O)[C@@H](C)Oc2ccc(Br)cc2)ccc1O. The number of amides is 1. The number of carbonyl (C=O) groups excluding carboxylic acids is 1. The van der Waals surface area contributed by atoms with E-state index in [1.54, 1.807) is 31.2 Å². The van der Waals surface area contributed by atoms with E-state index in [0.29, 0.717) is 17.1 Å². The third-order valence-electron chi connectivity index (χ3n) is 3.09. The van der Waals surface area contributed by atoms with Gasteiger partial charge in [0.15, 0.2) is 17.6 Å². The first-order valence-corrected chi connectivity index (χ1v) is 7.91. The second-order valence-corrected chi connectivity index (χ2v) is 5.80. The van der Waals surface area contributed by atoms with Crippen LogP contribution in [0.15, 0.2) is 52.0 Å². The van der Waals surface area contributed by atoms with Gasteiger partial charge in [0.2, 0.25) is 0 Å². The average Bonchev–Trinajstić information content (AvgIpc) is 2.58. The summed E-state index contributed by atoms with van der Waals surface area (Å²) in [5, 5.41) is 13.4. The topological polar surface area (TPSA) is 80.2 Å². The summed E-state index contributed by atoms with van der Waals surface area (Å²) in [6.07, 6.45) is 0.754. The van der Waals surface area contributed by atoms with Crippen molar-refractivity contribution in [2.75, 3.05) is 7.11 Å². The Morgan fingerprint density at radius 2 is 2.00 bits per heavy atom. The van der Waals surface area contributed by atoms with Gasteiger partial charge >= 0.3 is 0 Å². The van der Waals surface area contributed by atoms with Gasteiger partial charge in [-0.25, -0.2) is 5.43 Å². The molecule has 7 heteroatoms. The van der Waals surface area contributed by atoms with Crippen molar-refractivity contribution in [2.45, 2.75) is 13.0 Å². The zero-order valence-corrected chi connectivity index (χ0v) is 14.8. The highest BCUT2D eigenvalue weighted by molar-refractivity contribution is 9.10. The molecule has 24 heavy (non-hydrogen) atoms. The molecule has 2 N–H and O–H groups in total. The van der Waals surface area contributed by atoms with Crippen LogP contribution in [-0.2, 0) is 4.79 Å². The number of hydrogen-bond acceptors (Lipinski definition) is 5. The number of nitrogens with one attached hydrogen (secondary N) is 1. The minimum atomic E-state index is -0.697. The highest BCUT2D eigenvalue weighted by atomic mass is 79.9. The highest BCUT2D eigenvalue weighted by Gasteiger charge is 2.13. The molecule has 0 saturated carbocycles. The van der Waals surface area contributed by atoms with Gasteiger partial charge in [0.25, 0.3) is 5.91 Å². The minimum Gasteiger partial charge on any atom is -0.504 e. The zero-order valence-electron chi connectivity index (χ0n) is 13.2. The molecule has 0 heterocycles. The van der Waals surface area contributed by atoms with Crippen molar-refractivity contribution >= 4 is 28.1 Å². The van der Waals surface area contributed by atoms with Gasteiger partial charge in [-0.15, -0.1) is 0 Å². The largest absolute Gasteiger partial charge is 0.504 e. The summed E-state index contributed by atoms with van der Waals surface area (Å²) in [4.78, 5) is 12.0. The maximum Gasteiger partial charge on any atom is 0.280 e. The monoisotopic (exact) mass is 392 g/mol. The van der Waals surface area contributed by atoms with E-state index >= 15 is 0 Å². The van der Waals surface area contributed by atoms with Crippen LogP contribution in [0.2, 0.25) is 0 Å². The highest BCUT2D eigenvalue weighted by Crippen LogP contribution is 2.25. The van der Waals surface area contributed by atoms with Crippen LogP contribution < -0.4 is 14.9 Å². The molecular weight excluding hydrogens is 376 g/mol. The molecular formula is C17H17BrN2O4. The van der Waals surface area contributed by atoms with Gasteiger partial charge in [0.1, 0.15) is 5.75 Å². The lowest BCUT2D eigenvalue weighted by atomic mass is 10.2. The van der Waals surface area contributed by atoms with Gasteiger partial charge in [0, 0.05) is 4.47 Å². The fourth-order valence-corrected chi connectivity index (χ4v) is 2.07. The Morgan fingerprint density at radius 3 is 2.67 bits per heavy atom. The van der Waals surface area contributed by atoms with Crippen LogP contribution >= 0.6 is 15.9 Å². The summed E-state index contributed by atoms with van der Waals surface area (Å²) in [5.74, 6) is 0.584.